The van der Waals surface area contributed by atoms with Crippen molar-refractivity contribution in [3.05, 3.63) is 58.7 Å². The molecule has 188 valence electrons. The first-order valence-electron chi connectivity index (χ1n) is 13.4. The van der Waals surface area contributed by atoms with Crippen LogP contribution in [0, 0.1) is 17.3 Å². The van der Waals surface area contributed by atoms with Gasteiger partial charge >= 0.3 is 5.97 Å². The summed E-state index contributed by atoms with van der Waals surface area (Å²) in [6.45, 7) is 10.4. The topological polar surface area (TPSA) is 55.8 Å². The maximum Gasteiger partial charge on any atom is 0.307 e. The molecule has 5 rings (SSSR count). The van der Waals surface area contributed by atoms with Crippen molar-refractivity contribution >= 4 is 5.97 Å². The zero-order valence-corrected chi connectivity index (χ0v) is 21.7. The Kier molecular flexibility index (Phi) is 6.35. The summed E-state index contributed by atoms with van der Waals surface area (Å²) in [4.78, 5) is 11.7. The van der Waals surface area contributed by atoms with Crippen LogP contribution in [0.5, 0.6) is 11.5 Å². The normalized spacial score (nSPS) is 26.5. The van der Waals surface area contributed by atoms with E-state index >= 15 is 0 Å². The van der Waals surface area contributed by atoms with E-state index in [0.29, 0.717) is 18.4 Å². The lowest BCUT2D eigenvalue weighted by atomic mass is 9.77. The molecule has 2 aromatic carbocycles. The molecule has 3 atom stereocenters. The van der Waals surface area contributed by atoms with E-state index in [9.17, 15) is 9.90 Å². The second-order valence-corrected chi connectivity index (χ2v) is 12.2. The quantitative estimate of drug-likeness (QED) is 0.435. The van der Waals surface area contributed by atoms with Gasteiger partial charge in [-0.25, -0.2) is 0 Å². The van der Waals surface area contributed by atoms with Gasteiger partial charge in [0.25, 0.3) is 0 Å². The number of hydrogen-bond donors (Lipinski definition) is 1. The standard InChI is InChI=1S/C31H40O4/c1-20(2)18-35-28-12-9-21(15-24(28)25-8-6-13-30(25,3)4)19-34-23-11-10-22-7-5-14-31(26(22)16-23)17-27(31)29(32)33/h9-12,15-16,20,25,27H,5-8,13-14,17-19H2,1-4H3,(H,32,33)/t25-,27+,31+/m0/s1. The number of aryl methyl sites for hydroxylation is 1. The highest BCUT2D eigenvalue weighted by molar-refractivity contribution is 5.78. The van der Waals surface area contributed by atoms with E-state index < -0.39 is 5.97 Å². The lowest BCUT2D eigenvalue weighted by Gasteiger charge is -2.29. The number of hydrogen-bond acceptors (Lipinski definition) is 3. The third kappa shape index (κ3) is 4.69. The molecule has 35 heavy (non-hydrogen) atoms. The van der Waals surface area contributed by atoms with Crippen molar-refractivity contribution in [1.82, 2.24) is 0 Å². The van der Waals surface area contributed by atoms with E-state index in [-0.39, 0.29) is 16.7 Å². The van der Waals surface area contributed by atoms with Gasteiger partial charge in [0.1, 0.15) is 18.1 Å². The molecule has 2 aromatic rings. The Labute approximate surface area is 210 Å². The Bertz CT molecular complexity index is 1100. The van der Waals surface area contributed by atoms with Crippen molar-refractivity contribution in [3.63, 3.8) is 0 Å². The number of fused-ring (bicyclic) bond motifs is 2. The molecule has 0 amide bonds. The molecule has 4 heteroatoms. The Hall–Kier alpha value is -2.49. The molecule has 2 saturated carbocycles. The number of benzene rings is 2. The number of ether oxygens (including phenoxy) is 2. The van der Waals surface area contributed by atoms with E-state index in [1.54, 1.807) is 0 Å². The van der Waals surface area contributed by atoms with Gasteiger partial charge in [-0.2, -0.15) is 0 Å². The highest BCUT2D eigenvalue weighted by Crippen LogP contribution is 2.60. The molecule has 0 radical (unpaired) electrons. The summed E-state index contributed by atoms with van der Waals surface area (Å²) in [6.07, 6.45) is 7.54. The third-order valence-electron chi connectivity index (χ3n) is 8.74. The maximum absolute atomic E-state index is 11.7. The largest absolute Gasteiger partial charge is 0.493 e. The maximum atomic E-state index is 11.7. The fourth-order valence-electron chi connectivity index (χ4n) is 6.68. The minimum absolute atomic E-state index is 0.171. The highest BCUT2D eigenvalue weighted by atomic mass is 16.5. The van der Waals surface area contributed by atoms with Gasteiger partial charge < -0.3 is 14.6 Å². The summed E-state index contributed by atoms with van der Waals surface area (Å²) in [7, 11) is 0. The molecule has 2 fully saturated rings. The number of aliphatic carboxylic acids is 1. The SMILES string of the molecule is CC(C)COc1ccc(COc2ccc3c(c2)[C@@]2(CCC3)C[C@@H]2C(=O)O)cc1[C@@H]1CCCC1(C)C. The molecule has 1 spiro atoms. The Morgan fingerprint density at radius 2 is 1.91 bits per heavy atom. The van der Waals surface area contributed by atoms with E-state index in [1.165, 1.54) is 36.0 Å². The van der Waals surface area contributed by atoms with Crippen molar-refractivity contribution in [1.29, 1.82) is 0 Å². The number of rotatable bonds is 8. The summed E-state index contributed by atoms with van der Waals surface area (Å²) in [6, 6.07) is 12.9. The fraction of sp³-hybridized carbons (Fsp3) is 0.581. The molecule has 0 saturated heterocycles. The molecule has 0 bridgehead atoms. The van der Waals surface area contributed by atoms with Gasteiger partial charge in [-0.15, -0.1) is 0 Å². The van der Waals surface area contributed by atoms with Crippen LogP contribution in [-0.4, -0.2) is 17.7 Å². The van der Waals surface area contributed by atoms with Crippen LogP contribution in [0.4, 0.5) is 0 Å². The van der Waals surface area contributed by atoms with Crippen molar-refractivity contribution in [2.75, 3.05) is 6.61 Å². The average molecular weight is 477 g/mol. The van der Waals surface area contributed by atoms with Crippen LogP contribution in [0.2, 0.25) is 0 Å². The van der Waals surface area contributed by atoms with E-state index in [1.807, 2.05) is 0 Å². The molecule has 1 N–H and O–H groups in total. The molecule has 3 aliphatic carbocycles. The molecule has 0 heterocycles. The summed E-state index contributed by atoms with van der Waals surface area (Å²) >= 11 is 0. The molecular weight excluding hydrogens is 436 g/mol. The number of carboxylic acid groups (broad SMARTS) is 1. The third-order valence-corrected chi connectivity index (χ3v) is 8.74. The van der Waals surface area contributed by atoms with Gasteiger partial charge in [0.15, 0.2) is 0 Å². The second-order valence-electron chi connectivity index (χ2n) is 12.2. The summed E-state index contributed by atoms with van der Waals surface area (Å²) in [5, 5.41) is 9.62. The summed E-state index contributed by atoms with van der Waals surface area (Å²) in [5.41, 5.74) is 5.08. The van der Waals surface area contributed by atoms with Gasteiger partial charge in [-0.05, 0) is 102 Å². The smallest absolute Gasteiger partial charge is 0.307 e. The van der Waals surface area contributed by atoms with Crippen LogP contribution in [0.25, 0.3) is 0 Å². The average Bonchev–Trinajstić information content (AvgIpc) is 3.43. The van der Waals surface area contributed by atoms with Gasteiger partial charge in [0.2, 0.25) is 0 Å². The summed E-state index contributed by atoms with van der Waals surface area (Å²) in [5.74, 6) is 1.94. The lowest BCUT2D eigenvalue weighted by Crippen LogP contribution is -2.21. The predicted molar refractivity (Wildman–Crippen MR) is 138 cm³/mol. The minimum Gasteiger partial charge on any atom is -0.493 e. The monoisotopic (exact) mass is 476 g/mol. The fourth-order valence-corrected chi connectivity index (χ4v) is 6.68. The van der Waals surface area contributed by atoms with Gasteiger partial charge in [-0.1, -0.05) is 46.2 Å². The van der Waals surface area contributed by atoms with Crippen LogP contribution in [0.3, 0.4) is 0 Å². The molecule has 0 aliphatic heterocycles. The van der Waals surface area contributed by atoms with E-state index in [0.717, 1.165) is 49.4 Å². The van der Waals surface area contributed by atoms with E-state index in [4.69, 9.17) is 9.47 Å². The van der Waals surface area contributed by atoms with Crippen LogP contribution in [0.1, 0.15) is 94.4 Å². The van der Waals surface area contributed by atoms with Crippen LogP contribution < -0.4 is 9.47 Å². The Morgan fingerprint density at radius 1 is 1.09 bits per heavy atom. The van der Waals surface area contributed by atoms with Crippen molar-refractivity contribution in [3.8, 4) is 11.5 Å². The van der Waals surface area contributed by atoms with E-state index in [2.05, 4.69) is 64.1 Å². The minimum atomic E-state index is -0.661. The molecule has 4 nitrogen and oxygen atoms in total. The zero-order valence-electron chi connectivity index (χ0n) is 21.7. The summed E-state index contributed by atoms with van der Waals surface area (Å²) < 4.78 is 12.5. The Balaban J connectivity index is 1.36. The van der Waals surface area contributed by atoms with Crippen molar-refractivity contribution in [2.45, 2.75) is 90.6 Å². The Morgan fingerprint density at radius 3 is 2.60 bits per heavy atom. The number of carboxylic acids is 1. The molecule has 0 aromatic heterocycles. The first-order valence-corrected chi connectivity index (χ1v) is 13.4. The first-order chi connectivity index (χ1) is 16.7. The molecular formula is C31H40O4. The van der Waals surface area contributed by atoms with Crippen molar-refractivity contribution in [2.24, 2.45) is 17.3 Å². The zero-order chi connectivity index (χ0) is 24.8. The van der Waals surface area contributed by atoms with Gasteiger partial charge in [0, 0.05) is 5.41 Å². The van der Waals surface area contributed by atoms with Crippen LogP contribution >= 0.6 is 0 Å². The van der Waals surface area contributed by atoms with Gasteiger partial charge in [0.05, 0.1) is 12.5 Å². The number of carbonyl (C=O) groups is 1. The van der Waals surface area contributed by atoms with Gasteiger partial charge in [-0.3, -0.25) is 4.79 Å². The van der Waals surface area contributed by atoms with Crippen LogP contribution in [0.15, 0.2) is 36.4 Å². The van der Waals surface area contributed by atoms with Crippen molar-refractivity contribution < 1.29 is 19.4 Å². The first kappa shape index (κ1) is 24.2. The lowest BCUT2D eigenvalue weighted by molar-refractivity contribution is -0.139. The predicted octanol–water partition coefficient (Wildman–Crippen LogP) is 7.27. The molecule has 0 unspecified atom stereocenters. The molecule has 3 aliphatic rings. The highest BCUT2D eigenvalue weighted by Gasteiger charge is 2.60. The van der Waals surface area contributed by atoms with Crippen LogP contribution in [-0.2, 0) is 23.2 Å². The second kappa shape index (κ2) is 9.19.